The van der Waals surface area contributed by atoms with Crippen LogP contribution in [0.5, 0.6) is 0 Å². The Morgan fingerprint density at radius 3 is 2.80 bits per heavy atom. The van der Waals surface area contributed by atoms with Gasteiger partial charge in [-0.15, -0.1) is 0 Å². The Morgan fingerprint density at radius 2 is 2.10 bits per heavy atom. The third-order valence-electron chi connectivity index (χ3n) is 5.07. The SMILES string of the molecule is Cc1cccc(C2CC(NCC3CCC3)CN(C)C2)c1. The van der Waals surface area contributed by atoms with Crippen LogP contribution in [0.25, 0.3) is 0 Å². The lowest BCUT2D eigenvalue weighted by Crippen LogP contribution is -2.48. The van der Waals surface area contributed by atoms with E-state index in [0.717, 1.165) is 5.92 Å². The Kier molecular flexibility index (Phi) is 4.42. The van der Waals surface area contributed by atoms with Crippen LogP contribution in [0, 0.1) is 12.8 Å². The number of likely N-dealkylation sites (N-methyl/N-ethyl adjacent to an activating group) is 1. The van der Waals surface area contributed by atoms with Crippen molar-refractivity contribution in [1.82, 2.24) is 10.2 Å². The minimum Gasteiger partial charge on any atom is -0.312 e. The van der Waals surface area contributed by atoms with Gasteiger partial charge < -0.3 is 10.2 Å². The van der Waals surface area contributed by atoms with Gasteiger partial charge in [-0.05, 0) is 57.2 Å². The van der Waals surface area contributed by atoms with Gasteiger partial charge in [0.05, 0.1) is 0 Å². The number of rotatable bonds is 4. The Balaban J connectivity index is 1.60. The van der Waals surface area contributed by atoms with Crippen molar-refractivity contribution in [2.24, 2.45) is 5.92 Å². The zero-order valence-electron chi connectivity index (χ0n) is 12.9. The molecule has 0 bridgehead atoms. The summed E-state index contributed by atoms with van der Waals surface area (Å²) in [5, 5.41) is 3.83. The highest BCUT2D eigenvalue weighted by molar-refractivity contribution is 5.26. The Morgan fingerprint density at radius 1 is 1.25 bits per heavy atom. The summed E-state index contributed by atoms with van der Waals surface area (Å²) < 4.78 is 0. The quantitative estimate of drug-likeness (QED) is 0.905. The number of hydrogen-bond donors (Lipinski definition) is 1. The van der Waals surface area contributed by atoms with Gasteiger partial charge in [-0.25, -0.2) is 0 Å². The van der Waals surface area contributed by atoms with Crippen LogP contribution in [-0.4, -0.2) is 37.6 Å². The van der Waals surface area contributed by atoms with Crippen LogP contribution in [0.1, 0.15) is 42.7 Å². The van der Waals surface area contributed by atoms with E-state index in [9.17, 15) is 0 Å². The fourth-order valence-corrected chi connectivity index (χ4v) is 3.66. The van der Waals surface area contributed by atoms with Crippen molar-refractivity contribution in [3.05, 3.63) is 35.4 Å². The first-order valence-electron chi connectivity index (χ1n) is 8.19. The summed E-state index contributed by atoms with van der Waals surface area (Å²) in [5.41, 5.74) is 2.90. The number of hydrogen-bond acceptors (Lipinski definition) is 2. The van der Waals surface area contributed by atoms with Crippen molar-refractivity contribution in [2.75, 3.05) is 26.7 Å². The highest BCUT2D eigenvalue weighted by Gasteiger charge is 2.27. The summed E-state index contributed by atoms with van der Waals surface area (Å²) >= 11 is 0. The lowest BCUT2D eigenvalue weighted by molar-refractivity contribution is 0.190. The highest BCUT2D eigenvalue weighted by Crippen LogP contribution is 2.29. The Bertz CT molecular complexity index is 439. The van der Waals surface area contributed by atoms with Crippen molar-refractivity contribution >= 4 is 0 Å². The number of nitrogens with zero attached hydrogens (tertiary/aromatic N) is 1. The van der Waals surface area contributed by atoms with E-state index in [1.807, 2.05) is 0 Å². The van der Waals surface area contributed by atoms with Gasteiger partial charge in [-0.2, -0.15) is 0 Å². The van der Waals surface area contributed by atoms with E-state index in [-0.39, 0.29) is 0 Å². The molecule has 1 heterocycles. The molecule has 0 spiro atoms. The molecule has 1 aromatic rings. The third-order valence-corrected chi connectivity index (χ3v) is 5.07. The third kappa shape index (κ3) is 3.42. The zero-order chi connectivity index (χ0) is 13.9. The minimum absolute atomic E-state index is 0.667. The fourth-order valence-electron chi connectivity index (χ4n) is 3.66. The molecule has 2 fully saturated rings. The molecule has 1 saturated carbocycles. The molecule has 2 nitrogen and oxygen atoms in total. The van der Waals surface area contributed by atoms with Gasteiger partial charge in [0.2, 0.25) is 0 Å². The van der Waals surface area contributed by atoms with E-state index in [0.29, 0.717) is 12.0 Å². The Hall–Kier alpha value is -0.860. The van der Waals surface area contributed by atoms with Crippen LogP contribution >= 0.6 is 0 Å². The second-order valence-corrected chi connectivity index (χ2v) is 6.97. The summed E-state index contributed by atoms with van der Waals surface area (Å²) in [5.74, 6) is 1.65. The summed E-state index contributed by atoms with van der Waals surface area (Å²) in [6, 6.07) is 9.74. The average Bonchev–Trinajstić information content (AvgIpc) is 2.36. The molecule has 20 heavy (non-hydrogen) atoms. The van der Waals surface area contributed by atoms with Crippen molar-refractivity contribution in [2.45, 2.75) is 44.6 Å². The molecule has 1 N–H and O–H groups in total. The van der Waals surface area contributed by atoms with E-state index < -0.39 is 0 Å². The second kappa shape index (κ2) is 6.28. The maximum absolute atomic E-state index is 3.83. The van der Waals surface area contributed by atoms with Gasteiger partial charge in [-0.3, -0.25) is 0 Å². The first kappa shape index (κ1) is 14.1. The highest BCUT2D eigenvalue weighted by atomic mass is 15.1. The van der Waals surface area contributed by atoms with Gasteiger partial charge in [0.1, 0.15) is 0 Å². The van der Waals surface area contributed by atoms with E-state index in [2.05, 4.69) is 48.5 Å². The molecular formula is C18H28N2. The fraction of sp³-hybridized carbons (Fsp3) is 0.667. The molecule has 1 aliphatic carbocycles. The number of likely N-dealkylation sites (tertiary alicyclic amines) is 1. The summed E-state index contributed by atoms with van der Waals surface area (Å²) in [4.78, 5) is 2.49. The monoisotopic (exact) mass is 272 g/mol. The molecule has 1 aromatic carbocycles. The van der Waals surface area contributed by atoms with Gasteiger partial charge >= 0.3 is 0 Å². The molecule has 0 amide bonds. The summed E-state index contributed by atoms with van der Waals surface area (Å²) in [6.45, 7) is 5.83. The molecule has 3 rings (SSSR count). The second-order valence-electron chi connectivity index (χ2n) is 6.97. The van der Waals surface area contributed by atoms with Crippen LogP contribution in [0.15, 0.2) is 24.3 Å². The standard InChI is InChI=1S/C18H28N2/c1-14-5-3-8-16(9-14)17-10-18(13-20(2)12-17)19-11-15-6-4-7-15/h3,5,8-9,15,17-19H,4,6-7,10-13H2,1-2H3. The first-order valence-corrected chi connectivity index (χ1v) is 8.19. The smallest absolute Gasteiger partial charge is 0.0201 e. The zero-order valence-corrected chi connectivity index (χ0v) is 12.9. The molecule has 2 unspecified atom stereocenters. The first-order chi connectivity index (χ1) is 9.70. The minimum atomic E-state index is 0.667. The topological polar surface area (TPSA) is 15.3 Å². The molecule has 2 aliphatic rings. The molecule has 0 aromatic heterocycles. The molecule has 110 valence electrons. The maximum Gasteiger partial charge on any atom is 0.0201 e. The summed E-state index contributed by atoms with van der Waals surface area (Å²) in [6.07, 6.45) is 5.62. The molecule has 1 aliphatic heterocycles. The van der Waals surface area contributed by atoms with Gasteiger partial charge in [0, 0.05) is 19.1 Å². The van der Waals surface area contributed by atoms with E-state index in [4.69, 9.17) is 0 Å². The number of benzene rings is 1. The lowest BCUT2D eigenvalue weighted by Gasteiger charge is -2.38. The largest absolute Gasteiger partial charge is 0.312 e. The number of aryl methyl sites for hydroxylation is 1. The van der Waals surface area contributed by atoms with Crippen molar-refractivity contribution in [3.8, 4) is 0 Å². The molecular weight excluding hydrogens is 244 g/mol. The maximum atomic E-state index is 3.83. The lowest BCUT2D eigenvalue weighted by atomic mass is 9.84. The van der Waals surface area contributed by atoms with Crippen LogP contribution in [0.2, 0.25) is 0 Å². The number of nitrogens with one attached hydrogen (secondary N) is 1. The van der Waals surface area contributed by atoms with Crippen LogP contribution < -0.4 is 5.32 Å². The molecule has 1 saturated heterocycles. The average molecular weight is 272 g/mol. The van der Waals surface area contributed by atoms with Gasteiger partial charge in [-0.1, -0.05) is 36.2 Å². The van der Waals surface area contributed by atoms with Gasteiger partial charge in [0.25, 0.3) is 0 Å². The van der Waals surface area contributed by atoms with Crippen molar-refractivity contribution in [1.29, 1.82) is 0 Å². The molecule has 2 atom stereocenters. The predicted octanol–water partition coefficient (Wildman–Crippen LogP) is 3.17. The Labute approximate surface area is 123 Å². The molecule has 0 radical (unpaired) electrons. The van der Waals surface area contributed by atoms with Crippen molar-refractivity contribution < 1.29 is 0 Å². The van der Waals surface area contributed by atoms with E-state index >= 15 is 0 Å². The van der Waals surface area contributed by atoms with E-state index in [1.54, 1.807) is 0 Å². The van der Waals surface area contributed by atoms with Crippen LogP contribution in [-0.2, 0) is 0 Å². The number of piperidine rings is 1. The molecule has 2 heteroatoms. The summed E-state index contributed by atoms with van der Waals surface area (Å²) in [7, 11) is 2.26. The normalized spacial score (nSPS) is 28.3. The van der Waals surface area contributed by atoms with Crippen molar-refractivity contribution in [3.63, 3.8) is 0 Å². The van der Waals surface area contributed by atoms with Gasteiger partial charge in [0.15, 0.2) is 0 Å². The van der Waals surface area contributed by atoms with Crippen LogP contribution in [0.3, 0.4) is 0 Å². The van der Waals surface area contributed by atoms with E-state index in [1.165, 1.54) is 56.4 Å². The predicted molar refractivity (Wildman–Crippen MR) is 85.2 cm³/mol. The van der Waals surface area contributed by atoms with Crippen LogP contribution in [0.4, 0.5) is 0 Å².